The van der Waals surface area contributed by atoms with E-state index in [1.165, 1.54) is 0 Å². The van der Waals surface area contributed by atoms with Crippen molar-refractivity contribution >= 4 is 11.5 Å². The topological polar surface area (TPSA) is 78.4 Å². The molecule has 1 heterocycles. The fourth-order valence-electron chi connectivity index (χ4n) is 2.07. The number of hydrogen-bond acceptors (Lipinski definition) is 6. The highest BCUT2D eigenvalue weighted by atomic mass is 16.5. The Morgan fingerprint density at radius 1 is 1.00 bits per heavy atom. The molecule has 0 saturated carbocycles. The highest BCUT2D eigenvalue weighted by molar-refractivity contribution is 6.07. The molecule has 0 spiro atoms. The van der Waals surface area contributed by atoms with Gasteiger partial charge in [0, 0.05) is 24.0 Å². The molecule has 1 aliphatic heterocycles. The van der Waals surface area contributed by atoms with Gasteiger partial charge in [-0.15, -0.1) is 5.10 Å². The summed E-state index contributed by atoms with van der Waals surface area (Å²) in [6.07, 6.45) is 0.710. The number of amidine groups is 1. The zero-order chi connectivity index (χ0) is 14.7. The summed E-state index contributed by atoms with van der Waals surface area (Å²) >= 11 is 0. The average Bonchev–Trinajstić information content (AvgIpc) is 2.48. The normalized spacial score (nSPS) is 18.1. The first-order valence-electron chi connectivity index (χ1n) is 6.31. The molecule has 0 radical (unpaired) electrons. The van der Waals surface area contributed by atoms with E-state index in [9.17, 15) is 0 Å². The van der Waals surface area contributed by atoms with Crippen LogP contribution in [0.2, 0.25) is 0 Å². The van der Waals surface area contributed by atoms with Crippen molar-refractivity contribution in [3.05, 3.63) is 17.7 Å². The second-order valence-electron chi connectivity index (χ2n) is 4.58. The van der Waals surface area contributed by atoms with Gasteiger partial charge in [-0.2, -0.15) is 5.10 Å². The molecule has 0 amide bonds. The van der Waals surface area contributed by atoms with Crippen LogP contribution < -0.4 is 19.9 Å². The Kier molecular flexibility index (Phi) is 4.12. The van der Waals surface area contributed by atoms with Gasteiger partial charge in [0.1, 0.15) is 11.6 Å². The van der Waals surface area contributed by atoms with E-state index < -0.39 is 0 Å². The second kappa shape index (κ2) is 5.81. The minimum atomic E-state index is 0.153. The van der Waals surface area contributed by atoms with E-state index in [1.54, 1.807) is 27.4 Å². The van der Waals surface area contributed by atoms with Gasteiger partial charge in [-0.25, -0.2) is 0 Å². The van der Waals surface area contributed by atoms with Crippen LogP contribution in [0.3, 0.4) is 0 Å². The third-order valence-electron chi connectivity index (χ3n) is 3.31. The Morgan fingerprint density at radius 3 is 2.15 bits per heavy atom. The molecule has 0 bridgehead atoms. The van der Waals surface area contributed by atoms with Crippen LogP contribution in [0.1, 0.15) is 18.9 Å². The van der Waals surface area contributed by atoms with Crippen molar-refractivity contribution in [2.45, 2.75) is 13.3 Å². The zero-order valence-corrected chi connectivity index (χ0v) is 12.1. The lowest BCUT2D eigenvalue weighted by atomic mass is 9.96. The third kappa shape index (κ3) is 2.54. The minimum absolute atomic E-state index is 0.153. The molecule has 0 aliphatic carbocycles. The number of benzene rings is 1. The predicted molar refractivity (Wildman–Crippen MR) is 78.0 cm³/mol. The van der Waals surface area contributed by atoms with Crippen molar-refractivity contribution in [1.29, 1.82) is 0 Å². The molecule has 1 aliphatic rings. The first-order chi connectivity index (χ1) is 9.60. The molecule has 6 nitrogen and oxygen atoms in total. The van der Waals surface area contributed by atoms with Gasteiger partial charge in [-0.05, 0) is 6.07 Å². The summed E-state index contributed by atoms with van der Waals surface area (Å²) in [4.78, 5) is 0. The molecule has 2 rings (SSSR count). The van der Waals surface area contributed by atoms with Crippen LogP contribution in [0.15, 0.2) is 22.3 Å². The lowest BCUT2D eigenvalue weighted by Gasteiger charge is -2.19. The van der Waals surface area contributed by atoms with Crippen molar-refractivity contribution in [1.82, 2.24) is 0 Å². The van der Waals surface area contributed by atoms with Gasteiger partial charge >= 0.3 is 0 Å². The second-order valence-corrected chi connectivity index (χ2v) is 4.58. The largest absolute Gasteiger partial charge is 0.496 e. The van der Waals surface area contributed by atoms with Crippen LogP contribution in [0.4, 0.5) is 0 Å². The molecule has 6 heteroatoms. The summed E-state index contributed by atoms with van der Waals surface area (Å²) in [6.45, 7) is 2.01. The maximum Gasteiger partial charge on any atom is 0.164 e. The van der Waals surface area contributed by atoms with Gasteiger partial charge in [0.2, 0.25) is 0 Å². The molecule has 2 N–H and O–H groups in total. The van der Waals surface area contributed by atoms with Crippen molar-refractivity contribution < 1.29 is 14.2 Å². The van der Waals surface area contributed by atoms with Crippen molar-refractivity contribution in [2.75, 3.05) is 21.3 Å². The van der Waals surface area contributed by atoms with Crippen LogP contribution >= 0.6 is 0 Å². The molecule has 20 heavy (non-hydrogen) atoms. The molecular formula is C14H19N3O3. The maximum atomic E-state index is 5.76. The highest BCUT2D eigenvalue weighted by Crippen LogP contribution is 2.36. The monoisotopic (exact) mass is 277 g/mol. The highest BCUT2D eigenvalue weighted by Gasteiger charge is 2.22. The summed E-state index contributed by atoms with van der Waals surface area (Å²) < 4.78 is 16.0. The van der Waals surface area contributed by atoms with Gasteiger partial charge in [0.05, 0.1) is 27.0 Å². The molecule has 0 saturated heterocycles. The lowest BCUT2D eigenvalue weighted by molar-refractivity contribution is 0.348. The summed E-state index contributed by atoms with van der Waals surface area (Å²) in [6, 6.07) is 3.63. The summed E-state index contributed by atoms with van der Waals surface area (Å²) in [5.74, 6) is 2.61. The van der Waals surface area contributed by atoms with Crippen LogP contribution in [-0.2, 0) is 0 Å². The van der Waals surface area contributed by atoms with Gasteiger partial charge < -0.3 is 19.9 Å². The summed E-state index contributed by atoms with van der Waals surface area (Å²) in [7, 11) is 4.78. The quantitative estimate of drug-likeness (QED) is 0.910. The molecule has 1 aromatic rings. The molecule has 0 aromatic heterocycles. The molecule has 108 valence electrons. The van der Waals surface area contributed by atoms with E-state index in [0.717, 1.165) is 11.3 Å². The number of nitrogens with two attached hydrogens (primary N) is 1. The Labute approximate surface area is 118 Å². The van der Waals surface area contributed by atoms with Gasteiger partial charge in [0.25, 0.3) is 0 Å². The Balaban J connectivity index is 2.51. The minimum Gasteiger partial charge on any atom is -0.496 e. The van der Waals surface area contributed by atoms with Crippen LogP contribution in [-0.4, -0.2) is 32.9 Å². The summed E-state index contributed by atoms with van der Waals surface area (Å²) in [5, 5.41) is 8.17. The summed E-state index contributed by atoms with van der Waals surface area (Å²) in [5.41, 5.74) is 7.42. The predicted octanol–water partition coefficient (Wildman–Crippen LogP) is 1.81. The number of nitrogens with zero attached hydrogens (tertiary/aromatic N) is 2. The molecular weight excluding hydrogens is 258 g/mol. The molecule has 1 aromatic carbocycles. The Morgan fingerprint density at radius 2 is 1.60 bits per heavy atom. The van der Waals surface area contributed by atoms with Crippen molar-refractivity contribution in [3.63, 3.8) is 0 Å². The molecule has 1 unspecified atom stereocenters. The number of methoxy groups -OCH3 is 3. The standard InChI is InChI=1S/C14H19N3O3/c1-8-5-10(16-17-14(8)15)9-6-12(19-3)13(20-4)7-11(9)18-2/h6-8H,5H2,1-4H3,(H2,15,17). The van der Waals surface area contributed by atoms with Crippen LogP contribution in [0, 0.1) is 5.92 Å². The van der Waals surface area contributed by atoms with Crippen LogP contribution in [0.5, 0.6) is 17.2 Å². The van der Waals surface area contributed by atoms with Gasteiger partial charge in [0.15, 0.2) is 11.5 Å². The van der Waals surface area contributed by atoms with Gasteiger partial charge in [-0.3, -0.25) is 0 Å². The maximum absolute atomic E-state index is 5.76. The average molecular weight is 277 g/mol. The fraction of sp³-hybridized carbons (Fsp3) is 0.429. The van der Waals surface area contributed by atoms with E-state index in [4.69, 9.17) is 19.9 Å². The third-order valence-corrected chi connectivity index (χ3v) is 3.31. The van der Waals surface area contributed by atoms with E-state index in [-0.39, 0.29) is 5.92 Å². The molecule has 1 atom stereocenters. The SMILES string of the molecule is COc1cc(OC)c(C2=NN=C(N)C(C)C2)cc1OC. The van der Waals surface area contributed by atoms with E-state index in [2.05, 4.69) is 10.2 Å². The van der Waals surface area contributed by atoms with E-state index in [1.807, 2.05) is 13.0 Å². The Hall–Kier alpha value is -2.24. The smallest absolute Gasteiger partial charge is 0.164 e. The van der Waals surface area contributed by atoms with Crippen LogP contribution in [0.25, 0.3) is 0 Å². The number of hydrogen-bond donors (Lipinski definition) is 1. The first kappa shape index (κ1) is 14.2. The van der Waals surface area contributed by atoms with E-state index in [0.29, 0.717) is 29.5 Å². The number of ether oxygens (including phenoxy) is 3. The Bertz CT molecular complexity index is 567. The zero-order valence-electron chi connectivity index (χ0n) is 12.1. The van der Waals surface area contributed by atoms with E-state index >= 15 is 0 Å². The first-order valence-corrected chi connectivity index (χ1v) is 6.31. The van der Waals surface area contributed by atoms with Crippen molar-refractivity contribution in [3.8, 4) is 17.2 Å². The lowest BCUT2D eigenvalue weighted by Crippen LogP contribution is -2.27. The van der Waals surface area contributed by atoms with Crippen molar-refractivity contribution in [2.24, 2.45) is 21.9 Å². The number of rotatable bonds is 4. The fourth-order valence-corrected chi connectivity index (χ4v) is 2.07. The molecule has 0 fully saturated rings. The van der Waals surface area contributed by atoms with Gasteiger partial charge in [-0.1, -0.05) is 6.92 Å².